The fraction of sp³-hybridized carbons (Fsp3) is 0.667. The number of hydrogen-bond donors (Lipinski definition) is 1. The molecule has 1 aromatic carbocycles. The minimum atomic E-state index is 0.119. The number of nitrogens with one attached hydrogen (secondary N) is 1. The molecule has 2 saturated heterocycles. The molecule has 0 aromatic heterocycles. The van der Waals surface area contributed by atoms with Crippen LogP contribution in [0.25, 0.3) is 0 Å². The number of nitrogens with zero attached hydrogens (tertiary/aromatic N) is 3. The van der Waals surface area contributed by atoms with Crippen LogP contribution >= 0.6 is 0 Å². The molecule has 2 heterocycles. The number of rotatable bonds is 4. The van der Waals surface area contributed by atoms with Gasteiger partial charge in [-0.25, -0.2) is 0 Å². The monoisotopic (exact) mass is 358 g/mol. The van der Waals surface area contributed by atoms with Crippen LogP contribution in [-0.2, 0) is 4.74 Å². The van der Waals surface area contributed by atoms with Crippen LogP contribution in [0.1, 0.15) is 37.0 Å². The number of ether oxygens (including phenoxy) is 1. The molecule has 0 bridgehead atoms. The van der Waals surface area contributed by atoms with E-state index < -0.39 is 0 Å². The molecule has 1 aromatic rings. The van der Waals surface area contributed by atoms with Crippen molar-refractivity contribution in [3.63, 3.8) is 0 Å². The Kier molecular flexibility index (Phi) is 6.92. The number of aliphatic imine (C=N–C) groups is 1. The second-order valence-electron chi connectivity index (χ2n) is 7.49. The predicted molar refractivity (Wildman–Crippen MR) is 108 cm³/mol. The van der Waals surface area contributed by atoms with Crippen molar-refractivity contribution in [2.75, 3.05) is 52.9 Å². The largest absolute Gasteiger partial charge is 0.370 e. The highest BCUT2D eigenvalue weighted by Gasteiger charge is 2.26. The van der Waals surface area contributed by atoms with Crippen molar-refractivity contribution in [2.24, 2.45) is 10.9 Å². The van der Waals surface area contributed by atoms with E-state index in [2.05, 4.69) is 58.2 Å². The molecule has 0 saturated carbocycles. The van der Waals surface area contributed by atoms with E-state index >= 15 is 0 Å². The maximum atomic E-state index is 6.06. The minimum absolute atomic E-state index is 0.119. The molecule has 0 amide bonds. The summed E-state index contributed by atoms with van der Waals surface area (Å²) in [6.45, 7) is 11.5. The van der Waals surface area contributed by atoms with Crippen molar-refractivity contribution >= 4 is 5.96 Å². The molecule has 2 aliphatic heterocycles. The first-order valence-corrected chi connectivity index (χ1v) is 10.1. The first-order chi connectivity index (χ1) is 12.7. The Labute approximate surface area is 158 Å². The van der Waals surface area contributed by atoms with Crippen molar-refractivity contribution in [1.82, 2.24) is 15.1 Å². The highest BCUT2D eigenvalue weighted by Crippen LogP contribution is 2.25. The van der Waals surface area contributed by atoms with E-state index in [1.54, 1.807) is 0 Å². The topological polar surface area (TPSA) is 40.1 Å². The van der Waals surface area contributed by atoms with Gasteiger partial charge in [0.05, 0.1) is 13.2 Å². The Hall–Kier alpha value is -1.59. The summed E-state index contributed by atoms with van der Waals surface area (Å²) < 4.78 is 6.06. The summed E-state index contributed by atoms with van der Waals surface area (Å²) in [7, 11) is 1.89. The number of hydrogen-bond acceptors (Lipinski definition) is 3. The van der Waals surface area contributed by atoms with Gasteiger partial charge in [-0.15, -0.1) is 0 Å². The van der Waals surface area contributed by atoms with Gasteiger partial charge in [-0.1, -0.05) is 31.2 Å². The standard InChI is InChI=1S/C21H34N4O/c1-4-24-11-7-9-18(15-24)14-23-21(22-3)25-12-13-26-20(16-25)19-10-6-5-8-17(19)2/h5-6,8,10,18,20H,4,7,9,11-16H2,1-3H3,(H,22,23). The molecule has 2 atom stereocenters. The molecule has 2 aliphatic rings. The summed E-state index contributed by atoms with van der Waals surface area (Å²) in [4.78, 5) is 9.45. The van der Waals surface area contributed by atoms with Crippen molar-refractivity contribution in [3.8, 4) is 0 Å². The number of benzene rings is 1. The third-order valence-corrected chi connectivity index (χ3v) is 5.71. The Morgan fingerprint density at radius 3 is 2.88 bits per heavy atom. The van der Waals surface area contributed by atoms with Gasteiger partial charge >= 0.3 is 0 Å². The number of morpholine rings is 1. The summed E-state index contributed by atoms with van der Waals surface area (Å²) in [5.41, 5.74) is 2.59. The van der Waals surface area contributed by atoms with Gasteiger partial charge in [0.25, 0.3) is 0 Å². The zero-order valence-electron chi connectivity index (χ0n) is 16.6. The molecule has 3 rings (SSSR count). The maximum Gasteiger partial charge on any atom is 0.193 e. The highest BCUT2D eigenvalue weighted by molar-refractivity contribution is 5.80. The van der Waals surface area contributed by atoms with Gasteiger partial charge in [0.2, 0.25) is 0 Å². The number of guanidine groups is 1. The highest BCUT2D eigenvalue weighted by atomic mass is 16.5. The molecular formula is C21H34N4O. The third kappa shape index (κ3) is 4.77. The summed E-state index contributed by atoms with van der Waals surface area (Å²) in [6.07, 6.45) is 2.75. The number of likely N-dealkylation sites (tertiary alicyclic amines) is 1. The van der Waals surface area contributed by atoms with Crippen LogP contribution in [0.5, 0.6) is 0 Å². The van der Waals surface area contributed by atoms with Crippen LogP contribution in [-0.4, -0.2) is 68.7 Å². The second-order valence-corrected chi connectivity index (χ2v) is 7.49. The average Bonchev–Trinajstić information content (AvgIpc) is 2.69. The van der Waals surface area contributed by atoms with Gasteiger partial charge in [-0.3, -0.25) is 4.99 Å². The lowest BCUT2D eigenvalue weighted by Gasteiger charge is -2.37. The maximum absolute atomic E-state index is 6.06. The Bertz CT molecular complexity index is 603. The van der Waals surface area contributed by atoms with E-state index in [-0.39, 0.29) is 6.10 Å². The van der Waals surface area contributed by atoms with E-state index in [1.807, 2.05) is 7.05 Å². The van der Waals surface area contributed by atoms with E-state index in [1.165, 1.54) is 37.1 Å². The molecule has 5 nitrogen and oxygen atoms in total. The molecule has 1 N–H and O–H groups in total. The number of piperidine rings is 1. The van der Waals surface area contributed by atoms with Gasteiger partial charge in [0.15, 0.2) is 5.96 Å². The van der Waals surface area contributed by atoms with E-state index in [0.717, 1.165) is 38.7 Å². The fourth-order valence-corrected chi connectivity index (χ4v) is 4.15. The van der Waals surface area contributed by atoms with E-state index in [4.69, 9.17) is 4.74 Å². The van der Waals surface area contributed by atoms with Crippen molar-refractivity contribution < 1.29 is 4.74 Å². The molecule has 144 valence electrons. The van der Waals surface area contributed by atoms with Crippen LogP contribution in [0.4, 0.5) is 0 Å². The van der Waals surface area contributed by atoms with Crippen LogP contribution in [0, 0.1) is 12.8 Å². The van der Waals surface area contributed by atoms with Crippen LogP contribution in [0.3, 0.4) is 0 Å². The summed E-state index contributed by atoms with van der Waals surface area (Å²) in [6, 6.07) is 8.53. The molecule has 0 spiro atoms. The summed E-state index contributed by atoms with van der Waals surface area (Å²) in [5.74, 6) is 1.73. The predicted octanol–water partition coefficient (Wildman–Crippen LogP) is 2.68. The zero-order chi connectivity index (χ0) is 18.4. The molecule has 26 heavy (non-hydrogen) atoms. The minimum Gasteiger partial charge on any atom is -0.370 e. The van der Waals surface area contributed by atoms with Gasteiger partial charge in [-0.05, 0) is 49.9 Å². The SMILES string of the molecule is CCN1CCCC(CNC(=NC)N2CCOC(c3ccccc3C)C2)C1. The summed E-state index contributed by atoms with van der Waals surface area (Å²) >= 11 is 0. The van der Waals surface area contributed by atoms with Crippen molar-refractivity contribution in [3.05, 3.63) is 35.4 Å². The zero-order valence-corrected chi connectivity index (χ0v) is 16.6. The molecule has 0 aliphatic carbocycles. The lowest BCUT2D eigenvalue weighted by atomic mass is 9.98. The van der Waals surface area contributed by atoms with E-state index in [0.29, 0.717) is 5.92 Å². The molecule has 0 radical (unpaired) electrons. The van der Waals surface area contributed by atoms with Crippen LogP contribution < -0.4 is 5.32 Å². The molecule has 2 unspecified atom stereocenters. The summed E-state index contributed by atoms with van der Waals surface area (Å²) in [5, 5.41) is 3.63. The lowest BCUT2D eigenvalue weighted by Crippen LogP contribution is -2.50. The van der Waals surface area contributed by atoms with Gasteiger partial charge in [0.1, 0.15) is 6.10 Å². The van der Waals surface area contributed by atoms with Crippen LogP contribution in [0.2, 0.25) is 0 Å². The molecular weight excluding hydrogens is 324 g/mol. The van der Waals surface area contributed by atoms with Gasteiger partial charge < -0.3 is 19.9 Å². The van der Waals surface area contributed by atoms with Crippen molar-refractivity contribution in [2.45, 2.75) is 32.8 Å². The van der Waals surface area contributed by atoms with Gasteiger partial charge in [0, 0.05) is 26.7 Å². The second kappa shape index (κ2) is 9.38. The Morgan fingerprint density at radius 2 is 2.12 bits per heavy atom. The first kappa shape index (κ1) is 19.2. The third-order valence-electron chi connectivity index (χ3n) is 5.71. The Balaban J connectivity index is 1.57. The quantitative estimate of drug-likeness (QED) is 0.664. The normalized spacial score (nSPS) is 25.3. The first-order valence-electron chi connectivity index (χ1n) is 10.1. The van der Waals surface area contributed by atoms with Crippen molar-refractivity contribution in [1.29, 1.82) is 0 Å². The van der Waals surface area contributed by atoms with Crippen LogP contribution in [0.15, 0.2) is 29.3 Å². The lowest BCUT2D eigenvalue weighted by molar-refractivity contribution is -0.00842. The fourth-order valence-electron chi connectivity index (χ4n) is 4.15. The Morgan fingerprint density at radius 1 is 1.27 bits per heavy atom. The average molecular weight is 359 g/mol. The smallest absolute Gasteiger partial charge is 0.193 e. The van der Waals surface area contributed by atoms with E-state index in [9.17, 15) is 0 Å². The van der Waals surface area contributed by atoms with Gasteiger partial charge in [-0.2, -0.15) is 0 Å². The number of aryl methyl sites for hydroxylation is 1. The molecule has 2 fully saturated rings. The molecule has 5 heteroatoms.